The summed E-state index contributed by atoms with van der Waals surface area (Å²) < 4.78 is 13.5. The predicted molar refractivity (Wildman–Crippen MR) is 98.0 cm³/mol. The number of pyridine rings is 1. The Morgan fingerprint density at radius 1 is 1.19 bits per heavy atom. The monoisotopic (exact) mass is 368 g/mol. The highest BCUT2D eigenvalue weighted by molar-refractivity contribution is 5.76. The Morgan fingerprint density at radius 3 is 2.96 bits per heavy atom. The molecule has 0 atom stereocenters. The van der Waals surface area contributed by atoms with Gasteiger partial charge in [0.15, 0.2) is 17.1 Å². The summed E-state index contributed by atoms with van der Waals surface area (Å²) in [5.41, 5.74) is 1.49. The number of hydrogen-bond acceptors (Lipinski definition) is 5. The first-order chi connectivity index (χ1) is 13.2. The van der Waals surface area contributed by atoms with Crippen molar-refractivity contribution >= 4 is 11.6 Å². The fourth-order valence-electron chi connectivity index (χ4n) is 3.01. The maximum absolute atomic E-state index is 12.2. The molecule has 0 fully saturated rings. The number of aryl methyl sites for hydroxylation is 2. The number of hydrogen-bond donors (Lipinski definition) is 1. The maximum Gasteiger partial charge on any atom is 0.350 e. The van der Waals surface area contributed by atoms with Crippen LogP contribution in [0.3, 0.4) is 0 Å². The summed E-state index contributed by atoms with van der Waals surface area (Å²) in [6.45, 7) is 1.21. The summed E-state index contributed by atoms with van der Waals surface area (Å²) in [5.74, 6) is 1.45. The zero-order valence-electron chi connectivity index (χ0n) is 14.8. The third-order valence-corrected chi connectivity index (χ3v) is 4.44. The summed E-state index contributed by atoms with van der Waals surface area (Å²) in [7, 11) is 0. The van der Waals surface area contributed by atoms with E-state index in [1.54, 1.807) is 18.3 Å². The number of rotatable bonds is 7. The first kappa shape index (κ1) is 17.1. The van der Waals surface area contributed by atoms with Gasteiger partial charge in [0.2, 0.25) is 12.7 Å². The molecule has 1 aliphatic rings. The summed E-state index contributed by atoms with van der Waals surface area (Å²) in [4.78, 5) is 24.2. The van der Waals surface area contributed by atoms with Crippen LogP contribution >= 0.6 is 0 Å². The fourth-order valence-corrected chi connectivity index (χ4v) is 3.01. The van der Waals surface area contributed by atoms with E-state index in [-0.39, 0.29) is 18.4 Å². The third kappa shape index (κ3) is 3.79. The Balaban J connectivity index is 1.21. The lowest BCUT2D eigenvalue weighted by Crippen LogP contribution is -2.27. The van der Waals surface area contributed by atoms with Crippen LogP contribution in [-0.4, -0.2) is 33.4 Å². The van der Waals surface area contributed by atoms with Crippen LogP contribution in [0.2, 0.25) is 0 Å². The molecule has 0 saturated heterocycles. The minimum absolute atomic E-state index is 0.0185. The Hall–Kier alpha value is -3.29. The van der Waals surface area contributed by atoms with Gasteiger partial charge in [0.25, 0.3) is 0 Å². The van der Waals surface area contributed by atoms with Crippen LogP contribution < -0.4 is 20.5 Å². The molecule has 1 amide bonds. The topological polar surface area (TPSA) is 86.9 Å². The number of amides is 1. The van der Waals surface area contributed by atoms with Crippen molar-refractivity contribution in [1.29, 1.82) is 0 Å². The second kappa shape index (κ2) is 7.53. The Labute approximate surface area is 155 Å². The number of carbonyl (C=O) groups is 1. The van der Waals surface area contributed by atoms with E-state index in [0.29, 0.717) is 38.0 Å². The molecule has 0 aliphatic carbocycles. The van der Waals surface area contributed by atoms with Gasteiger partial charge >= 0.3 is 5.69 Å². The van der Waals surface area contributed by atoms with Crippen LogP contribution in [0.4, 0.5) is 0 Å². The van der Waals surface area contributed by atoms with Gasteiger partial charge < -0.3 is 14.8 Å². The van der Waals surface area contributed by atoms with Gasteiger partial charge in [-0.15, -0.1) is 5.10 Å². The summed E-state index contributed by atoms with van der Waals surface area (Å²) in [5, 5.41) is 7.15. The lowest BCUT2D eigenvalue weighted by Gasteiger charge is -2.06. The molecule has 0 spiro atoms. The van der Waals surface area contributed by atoms with Gasteiger partial charge in [0, 0.05) is 25.7 Å². The molecule has 27 heavy (non-hydrogen) atoms. The SMILES string of the molecule is O=C(CCc1ccc2c(c1)OCO2)NCCCn1nc2ccccn2c1=O. The fraction of sp³-hybridized carbons (Fsp3) is 0.316. The van der Waals surface area contributed by atoms with Crippen LogP contribution in [0.15, 0.2) is 47.4 Å². The van der Waals surface area contributed by atoms with Crippen molar-refractivity contribution in [3.05, 3.63) is 58.6 Å². The molecule has 1 aromatic carbocycles. The molecule has 1 aliphatic heterocycles. The molecular formula is C19H20N4O4. The number of nitrogens with one attached hydrogen (secondary N) is 1. The molecular weight excluding hydrogens is 348 g/mol. The zero-order valence-corrected chi connectivity index (χ0v) is 14.8. The van der Waals surface area contributed by atoms with Crippen molar-refractivity contribution < 1.29 is 14.3 Å². The quantitative estimate of drug-likeness (QED) is 0.637. The Morgan fingerprint density at radius 2 is 2.07 bits per heavy atom. The van der Waals surface area contributed by atoms with Crippen molar-refractivity contribution in [2.24, 2.45) is 0 Å². The van der Waals surface area contributed by atoms with Gasteiger partial charge in [0.05, 0.1) is 0 Å². The van der Waals surface area contributed by atoms with E-state index in [1.807, 2.05) is 24.3 Å². The Kier molecular flexibility index (Phi) is 4.78. The van der Waals surface area contributed by atoms with E-state index >= 15 is 0 Å². The van der Waals surface area contributed by atoms with Crippen molar-refractivity contribution in [2.75, 3.05) is 13.3 Å². The van der Waals surface area contributed by atoms with E-state index in [1.165, 1.54) is 9.08 Å². The first-order valence-corrected chi connectivity index (χ1v) is 8.90. The maximum atomic E-state index is 12.2. The molecule has 4 rings (SSSR count). The van der Waals surface area contributed by atoms with E-state index < -0.39 is 0 Å². The molecule has 1 N–H and O–H groups in total. The van der Waals surface area contributed by atoms with Gasteiger partial charge in [-0.1, -0.05) is 12.1 Å². The largest absolute Gasteiger partial charge is 0.454 e. The Bertz CT molecular complexity index is 1020. The second-order valence-corrected chi connectivity index (χ2v) is 6.33. The smallest absolute Gasteiger partial charge is 0.350 e. The summed E-state index contributed by atoms with van der Waals surface area (Å²) in [6.07, 6.45) is 3.36. The summed E-state index contributed by atoms with van der Waals surface area (Å²) in [6, 6.07) is 11.1. The van der Waals surface area contributed by atoms with Gasteiger partial charge in [-0.25, -0.2) is 9.48 Å². The van der Waals surface area contributed by atoms with Gasteiger partial charge in [0.1, 0.15) is 0 Å². The molecule has 0 unspecified atom stereocenters. The number of carbonyl (C=O) groups excluding carboxylic acids is 1. The highest BCUT2D eigenvalue weighted by atomic mass is 16.7. The average Bonchev–Trinajstić information content (AvgIpc) is 3.28. The standard InChI is InChI=1S/C19H20N4O4/c24-18(8-6-14-5-7-15-16(12-14)27-13-26-15)20-9-3-11-23-19(25)22-10-2-1-4-17(22)21-23/h1-2,4-5,7,10,12H,3,6,8-9,11,13H2,(H,20,24). The van der Waals surface area contributed by atoms with E-state index in [2.05, 4.69) is 10.4 Å². The van der Waals surface area contributed by atoms with Gasteiger partial charge in [-0.2, -0.15) is 0 Å². The van der Waals surface area contributed by atoms with E-state index in [4.69, 9.17) is 9.47 Å². The van der Waals surface area contributed by atoms with Crippen LogP contribution in [0.5, 0.6) is 11.5 Å². The number of benzene rings is 1. The molecule has 8 nitrogen and oxygen atoms in total. The van der Waals surface area contributed by atoms with Gasteiger partial charge in [-0.3, -0.25) is 9.20 Å². The van der Waals surface area contributed by atoms with Crippen molar-refractivity contribution in [3.8, 4) is 11.5 Å². The first-order valence-electron chi connectivity index (χ1n) is 8.90. The molecule has 0 bridgehead atoms. The number of nitrogens with zero attached hydrogens (tertiary/aromatic N) is 3. The molecule has 0 saturated carbocycles. The van der Waals surface area contributed by atoms with Crippen LogP contribution in [0, 0.1) is 0 Å². The van der Waals surface area contributed by atoms with Crippen molar-refractivity contribution in [1.82, 2.24) is 19.5 Å². The minimum atomic E-state index is -0.167. The summed E-state index contributed by atoms with van der Waals surface area (Å²) >= 11 is 0. The van der Waals surface area contributed by atoms with Gasteiger partial charge in [-0.05, 0) is 42.7 Å². The van der Waals surface area contributed by atoms with E-state index in [0.717, 1.165) is 17.1 Å². The number of aromatic nitrogens is 3. The zero-order chi connectivity index (χ0) is 18.6. The number of fused-ring (bicyclic) bond motifs is 2. The highest BCUT2D eigenvalue weighted by Gasteiger charge is 2.13. The molecule has 3 aromatic rings. The van der Waals surface area contributed by atoms with E-state index in [9.17, 15) is 9.59 Å². The molecule has 3 heterocycles. The lowest BCUT2D eigenvalue weighted by molar-refractivity contribution is -0.121. The lowest BCUT2D eigenvalue weighted by atomic mass is 10.1. The van der Waals surface area contributed by atoms with Crippen molar-refractivity contribution in [3.63, 3.8) is 0 Å². The minimum Gasteiger partial charge on any atom is -0.454 e. The van der Waals surface area contributed by atoms with Crippen LogP contribution in [-0.2, 0) is 17.8 Å². The van der Waals surface area contributed by atoms with Crippen molar-refractivity contribution in [2.45, 2.75) is 25.8 Å². The number of ether oxygens (including phenoxy) is 2. The highest BCUT2D eigenvalue weighted by Crippen LogP contribution is 2.32. The third-order valence-electron chi connectivity index (χ3n) is 4.44. The molecule has 140 valence electrons. The molecule has 2 aromatic heterocycles. The molecule has 8 heteroatoms. The van der Waals surface area contributed by atoms with Crippen LogP contribution in [0.1, 0.15) is 18.4 Å². The average molecular weight is 368 g/mol. The normalized spacial score (nSPS) is 12.4. The van der Waals surface area contributed by atoms with Crippen LogP contribution in [0.25, 0.3) is 5.65 Å². The predicted octanol–water partition coefficient (Wildman–Crippen LogP) is 1.36. The molecule has 0 radical (unpaired) electrons. The second-order valence-electron chi connectivity index (χ2n) is 6.33.